The van der Waals surface area contributed by atoms with Gasteiger partial charge in [-0.1, -0.05) is 0 Å². The molecule has 4 rings (SSSR count). The summed E-state index contributed by atoms with van der Waals surface area (Å²) in [5, 5.41) is 16.8. The van der Waals surface area contributed by atoms with Crippen LogP contribution in [0.25, 0.3) is 0 Å². The van der Waals surface area contributed by atoms with Crippen LogP contribution in [0.2, 0.25) is 10.6 Å². The number of hydrogen-bond donors (Lipinski definition) is 3. The largest absolute Gasteiger partial charge is 0.493 e. The predicted octanol–water partition coefficient (Wildman–Crippen LogP) is 5.27. The first-order valence-electron chi connectivity index (χ1n) is 11.1. The van der Waals surface area contributed by atoms with Crippen LogP contribution in [-0.2, 0) is 0 Å². The van der Waals surface area contributed by atoms with Crippen molar-refractivity contribution in [2.45, 2.75) is 0 Å². The summed E-state index contributed by atoms with van der Waals surface area (Å²) in [4.78, 5) is 25.6. The molecule has 210 valence electrons. The molecule has 0 aliphatic heterocycles. The number of benzene rings is 2. The number of methoxy groups -OCH3 is 4. The van der Waals surface area contributed by atoms with E-state index < -0.39 is 4.92 Å². The van der Waals surface area contributed by atoms with Gasteiger partial charge in [-0.2, -0.15) is 9.97 Å². The Balaban J connectivity index is 0.000000222. The molecule has 4 N–H and O–H groups in total. The van der Waals surface area contributed by atoms with E-state index in [4.69, 9.17) is 47.9 Å². The van der Waals surface area contributed by atoms with Crippen LogP contribution < -0.4 is 35.3 Å². The maximum atomic E-state index is 10.9. The number of halogens is 2. The van der Waals surface area contributed by atoms with Gasteiger partial charge in [0.15, 0.2) is 28.8 Å². The van der Waals surface area contributed by atoms with Crippen molar-refractivity contribution < 1.29 is 23.9 Å². The smallest absolute Gasteiger partial charge is 0.329 e. The second kappa shape index (κ2) is 13.8. The number of ether oxygens (including phenoxy) is 4. The lowest BCUT2D eigenvalue weighted by atomic mass is 10.2. The molecular weight excluding hydrogens is 567 g/mol. The highest BCUT2D eigenvalue weighted by molar-refractivity contribution is 6.28. The summed E-state index contributed by atoms with van der Waals surface area (Å²) in [6.45, 7) is 0. The summed E-state index contributed by atoms with van der Waals surface area (Å²) in [5.41, 5.74) is 7.16. The van der Waals surface area contributed by atoms with Gasteiger partial charge < -0.3 is 35.3 Å². The molecule has 4 aromatic rings. The third-order valence-corrected chi connectivity index (χ3v) is 5.38. The van der Waals surface area contributed by atoms with Crippen molar-refractivity contribution in [1.82, 2.24) is 19.9 Å². The number of hydrogen-bond acceptors (Lipinski definition) is 13. The Kier molecular flexibility index (Phi) is 10.3. The number of nitrogens with zero attached hydrogens (tertiary/aromatic N) is 5. The van der Waals surface area contributed by atoms with Crippen molar-refractivity contribution in [2.24, 2.45) is 0 Å². The molecule has 0 saturated carbocycles. The van der Waals surface area contributed by atoms with Crippen molar-refractivity contribution in [3.8, 4) is 23.0 Å². The third-order valence-electron chi connectivity index (χ3n) is 5.02. The molecular formula is C24H24Cl2N8O6. The Hall–Kier alpha value is -4.82. The van der Waals surface area contributed by atoms with Crippen LogP contribution in [-0.4, -0.2) is 53.3 Å². The van der Waals surface area contributed by atoms with Crippen molar-refractivity contribution in [2.75, 3.05) is 44.8 Å². The first-order chi connectivity index (χ1) is 19.2. The van der Waals surface area contributed by atoms with Gasteiger partial charge in [0.25, 0.3) is 0 Å². The molecule has 0 fully saturated rings. The highest BCUT2D eigenvalue weighted by atomic mass is 35.5. The molecule has 0 atom stereocenters. The maximum Gasteiger partial charge on any atom is 0.329 e. The van der Waals surface area contributed by atoms with Gasteiger partial charge in [0, 0.05) is 23.5 Å². The number of nitrogens with two attached hydrogens (primary N) is 1. The lowest BCUT2D eigenvalue weighted by molar-refractivity contribution is -0.384. The molecule has 0 aliphatic carbocycles. The first kappa shape index (κ1) is 29.7. The first-order valence-corrected chi connectivity index (χ1v) is 11.9. The molecule has 0 radical (unpaired) electrons. The second-order valence-electron chi connectivity index (χ2n) is 7.46. The Morgan fingerprint density at radius 2 is 1.20 bits per heavy atom. The molecule has 0 spiro atoms. The van der Waals surface area contributed by atoms with Gasteiger partial charge in [0.2, 0.25) is 16.4 Å². The fourth-order valence-corrected chi connectivity index (χ4v) is 3.42. The monoisotopic (exact) mass is 590 g/mol. The molecule has 2 aromatic carbocycles. The van der Waals surface area contributed by atoms with E-state index >= 15 is 0 Å². The van der Waals surface area contributed by atoms with Crippen LogP contribution in [0.3, 0.4) is 0 Å². The van der Waals surface area contributed by atoms with Crippen LogP contribution in [0.1, 0.15) is 0 Å². The quantitative estimate of drug-likeness (QED) is 0.130. The van der Waals surface area contributed by atoms with Gasteiger partial charge in [-0.3, -0.25) is 10.1 Å². The van der Waals surface area contributed by atoms with Crippen LogP contribution >= 0.6 is 23.2 Å². The van der Waals surface area contributed by atoms with Gasteiger partial charge in [0.1, 0.15) is 6.20 Å². The predicted molar refractivity (Wildman–Crippen MR) is 151 cm³/mol. The molecule has 0 unspecified atom stereocenters. The molecule has 0 amide bonds. The Labute approximate surface area is 238 Å². The highest BCUT2D eigenvalue weighted by Crippen LogP contribution is 2.33. The Bertz CT molecular complexity index is 1490. The van der Waals surface area contributed by atoms with Crippen LogP contribution in [0.4, 0.5) is 34.4 Å². The highest BCUT2D eigenvalue weighted by Gasteiger charge is 2.18. The Morgan fingerprint density at radius 1 is 0.750 bits per heavy atom. The van der Waals surface area contributed by atoms with E-state index in [9.17, 15) is 10.1 Å². The van der Waals surface area contributed by atoms with Crippen LogP contribution in [0.5, 0.6) is 23.0 Å². The number of aromatic nitrogens is 4. The average Bonchev–Trinajstić information content (AvgIpc) is 2.95. The Morgan fingerprint density at radius 3 is 1.68 bits per heavy atom. The zero-order valence-corrected chi connectivity index (χ0v) is 23.1. The minimum atomic E-state index is -0.598. The van der Waals surface area contributed by atoms with Crippen molar-refractivity contribution in [1.29, 1.82) is 0 Å². The summed E-state index contributed by atoms with van der Waals surface area (Å²) in [6, 6.07) is 10.3. The molecule has 16 heteroatoms. The van der Waals surface area contributed by atoms with Gasteiger partial charge in [-0.05, 0) is 47.5 Å². The zero-order chi connectivity index (χ0) is 29.2. The van der Waals surface area contributed by atoms with E-state index in [0.29, 0.717) is 40.2 Å². The topological polar surface area (TPSA) is 182 Å². The zero-order valence-electron chi connectivity index (χ0n) is 21.6. The molecule has 2 heterocycles. The normalized spacial score (nSPS) is 10.1. The minimum Gasteiger partial charge on any atom is -0.493 e. The molecule has 0 bridgehead atoms. The van der Waals surface area contributed by atoms with E-state index in [2.05, 4.69) is 30.6 Å². The van der Waals surface area contributed by atoms with Crippen molar-refractivity contribution in [3.05, 3.63) is 69.5 Å². The summed E-state index contributed by atoms with van der Waals surface area (Å²) in [7, 11) is 6.15. The summed E-state index contributed by atoms with van der Waals surface area (Å²) in [5.74, 6) is 2.69. The number of nitro groups is 1. The van der Waals surface area contributed by atoms with Gasteiger partial charge in [-0.15, -0.1) is 0 Å². The van der Waals surface area contributed by atoms with E-state index in [1.54, 1.807) is 44.6 Å². The number of nitrogens with one attached hydrogen (secondary N) is 2. The summed E-state index contributed by atoms with van der Waals surface area (Å²) in [6.07, 6.45) is 2.48. The number of rotatable bonds is 9. The lowest BCUT2D eigenvalue weighted by Crippen LogP contribution is -2.01. The van der Waals surface area contributed by atoms with Crippen LogP contribution in [0.15, 0.2) is 48.8 Å². The number of anilines is 5. The number of nitrogen functional groups attached to an aromatic ring is 1. The van der Waals surface area contributed by atoms with Gasteiger partial charge in [0.05, 0.1) is 45.2 Å². The van der Waals surface area contributed by atoms with Crippen LogP contribution in [0, 0.1) is 10.1 Å². The fourth-order valence-electron chi connectivity index (χ4n) is 3.15. The van der Waals surface area contributed by atoms with Gasteiger partial charge in [-0.25, -0.2) is 9.97 Å². The standard InChI is InChI=1S/C12H11ClN4O4.C12H13ClN4O2/c1-20-9-4-3-7(5-10(9)21-2)15-11-8(17(18)19)6-14-12(13)16-11;1-18-9-4-3-7(5-10(9)19-2)16-11-8(14)6-15-12(13)17-11/h3-6H,1-2H3,(H,14,15,16);3-6H,14H2,1-2H3,(H,15,16,17). The summed E-state index contributed by atoms with van der Waals surface area (Å²) < 4.78 is 20.6. The molecule has 0 saturated heterocycles. The van der Waals surface area contributed by atoms with E-state index in [-0.39, 0.29) is 22.1 Å². The molecule has 14 nitrogen and oxygen atoms in total. The summed E-state index contributed by atoms with van der Waals surface area (Å²) >= 11 is 11.4. The fraction of sp³-hybridized carbons (Fsp3) is 0.167. The second-order valence-corrected chi connectivity index (χ2v) is 8.14. The molecule has 0 aliphatic rings. The molecule has 40 heavy (non-hydrogen) atoms. The third kappa shape index (κ3) is 7.61. The van der Waals surface area contributed by atoms with Gasteiger partial charge >= 0.3 is 5.69 Å². The average molecular weight is 591 g/mol. The maximum absolute atomic E-state index is 10.9. The molecule has 2 aromatic heterocycles. The van der Waals surface area contributed by atoms with Crippen molar-refractivity contribution >= 4 is 57.6 Å². The lowest BCUT2D eigenvalue weighted by Gasteiger charge is -2.11. The van der Waals surface area contributed by atoms with Crippen molar-refractivity contribution in [3.63, 3.8) is 0 Å². The van der Waals surface area contributed by atoms with E-state index in [0.717, 1.165) is 11.9 Å². The minimum absolute atomic E-state index is 0.00720. The van der Waals surface area contributed by atoms with E-state index in [1.165, 1.54) is 20.4 Å². The van der Waals surface area contributed by atoms with E-state index in [1.807, 2.05) is 6.07 Å². The SMILES string of the molecule is COc1ccc(Nc2nc(Cl)ncc2N)cc1OC.COc1ccc(Nc2nc(Cl)ncc2[N+](=O)[O-])cc1OC.